The minimum absolute atomic E-state index is 1.24. The summed E-state index contributed by atoms with van der Waals surface area (Å²) in [6, 6.07) is 0. The maximum Gasteiger partial charge on any atom is -0.0196 e. The van der Waals surface area contributed by atoms with Crippen LogP contribution in [0.3, 0.4) is 0 Å². The summed E-state index contributed by atoms with van der Waals surface area (Å²) in [4.78, 5) is 0. The van der Waals surface area contributed by atoms with E-state index in [0.717, 1.165) is 0 Å². The molecule has 0 fully saturated rings. The Labute approximate surface area is 36.6 Å². The first kappa shape index (κ1) is 3.04. The number of rotatable bonds is 0. The van der Waals surface area contributed by atoms with E-state index in [9.17, 15) is 0 Å². The fourth-order valence-corrected chi connectivity index (χ4v) is 0.306. The van der Waals surface area contributed by atoms with Crippen molar-refractivity contribution >= 4 is 12.6 Å². The smallest absolute Gasteiger partial charge is 0.0196 e. The molecule has 5 heavy (non-hydrogen) atoms. The average molecular weight is 84.1 g/mol. The predicted octanol–water partition coefficient (Wildman–Crippen LogP) is 1.37. The van der Waals surface area contributed by atoms with Crippen LogP contribution in [-0.4, -0.2) is 0 Å². The van der Waals surface area contributed by atoms with Gasteiger partial charge in [0.15, 0.2) is 0 Å². The zero-order chi connectivity index (χ0) is 3.70. The molecule has 0 nitrogen and oxygen atoms in total. The highest BCUT2D eigenvalue weighted by atomic mass is 32.1. The molecule has 0 aromatic carbocycles. The largest absolute Gasteiger partial charge is 0.151 e. The standard InChI is InChI=1S/C4H4S/c5-3-4-1-2-4/h1-3,5H. The van der Waals surface area contributed by atoms with Gasteiger partial charge in [0.05, 0.1) is 0 Å². The molecule has 1 aliphatic carbocycles. The van der Waals surface area contributed by atoms with E-state index in [1.54, 1.807) is 5.41 Å². The zero-order valence-corrected chi connectivity index (χ0v) is 3.57. The molecular formula is C4H4S. The van der Waals surface area contributed by atoms with Crippen LogP contribution in [0.15, 0.2) is 23.1 Å². The Balaban J connectivity index is 2.54. The molecule has 26 valence electrons. The monoisotopic (exact) mass is 84.0 g/mol. The summed E-state index contributed by atoms with van der Waals surface area (Å²) in [5.41, 5.74) is 1.24. The van der Waals surface area contributed by atoms with Crippen molar-refractivity contribution in [1.29, 1.82) is 0 Å². The molecule has 0 saturated heterocycles. The first-order chi connectivity index (χ1) is 2.43. The summed E-state index contributed by atoms with van der Waals surface area (Å²) >= 11 is 3.85. The highest BCUT2D eigenvalue weighted by Gasteiger charge is 1.91. The second kappa shape index (κ2) is 0.902. The van der Waals surface area contributed by atoms with Crippen LogP contribution < -0.4 is 0 Å². The quantitative estimate of drug-likeness (QED) is 0.421. The lowest BCUT2D eigenvalue weighted by atomic mass is 10.7. The fourth-order valence-electron chi connectivity index (χ4n) is 0.134. The molecule has 0 bridgehead atoms. The lowest BCUT2D eigenvalue weighted by molar-refractivity contribution is 2.14. The van der Waals surface area contributed by atoms with Crippen LogP contribution in [0.25, 0.3) is 0 Å². The summed E-state index contributed by atoms with van der Waals surface area (Å²) in [7, 11) is 0. The van der Waals surface area contributed by atoms with Crippen LogP contribution in [0.1, 0.15) is 0 Å². The number of thiol groups is 1. The molecule has 0 unspecified atom stereocenters. The van der Waals surface area contributed by atoms with Gasteiger partial charge in [-0.3, -0.25) is 0 Å². The van der Waals surface area contributed by atoms with Gasteiger partial charge in [-0.15, -0.1) is 0 Å². The van der Waals surface area contributed by atoms with Crippen LogP contribution in [-0.2, 0) is 0 Å². The molecule has 1 heteroatoms. The third kappa shape index (κ3) is 0.550. The van der Waals surface area contributed by atoms with Gasteiger partial charge in [-0.05, 0) is 11.0 Å². The van der Waals surface area contributed by atoms with E-state index < -0.39 is 0 Å². The van der Waals surface area contributed by atoms with Crippen molar-refractivity contribution in [3.63, 3.8) is 0 Å². The Bertz CT molecular complexity index is 81.8. The second-order valence-corrected chi connectivity index (χ2v) is 1.22. The van der Waals surface area contributed by atoms with E-state index in [1.807, 2.05) is 12.2 Å². The maximum absolute atomic E-state index is 3.85. The highest BCUT2D eigenvalue weighted by Crippen LogP contribution is 2.13. The van der Waals surface area contributed by atoms with Crippen molar-refractivity contribution in [1.82, 2.24) is 0 Å². The predicted molar refractivity (Wildman–Crippen MR) is 26.2 cm³/mol. The van der Waals surface area contributed by atoms with E-state index in [0.29, 0.717) is 0 Å². The minimum atomic E-state index is 1.24. The van der Waals surface area contributed by atoms with Gasteiger partial charge in [0.2, 0.25) is 0 Å². The van der Waals surface area contributed by atoms with Gasteiger partial charge < -0.3 is 0 Å². The Morgan fingerprint density at radius 3 is 2.20 bits per heavy atom. The number of hydrogen-bond donors (Lipinski definition) is 1. The van der Waals surface area contributed by atoms with E-state index >= 15 is 0 Å². The molecule has 0 saturated carbocycles. The molecule has 1 aliphatic rings. The van der Waals surface area contributed by atoms with Gasteiger partial charge >= 0.3 is 0 Å². The van der Waals surface area contributed by atoms with Crippen molar-refractivity contribution in [2.45, 2.75) is 0 Å². The molecule has 0 heterocycles. The molecule has 1 rings (SSSR count). The van der Waals surface area contributed by atoms with Crippen LogP contribution in [0.5, 0.6) is 0 Å². The molecule has 0 amide bonds. The van der Waals surface area contributed by atoms with Crippen molar-refractivity contribution in [2.75, 3.05) is 0 Å². The summed E-state index contributed by atoms with van der Waals surface area (Å²) in [5, 5.41) is 1.78. The SMILES string of the molecule is SC=C1C=C1. The van der Waals surface area contributed by atoms with Gasteiger partial charge in [0, 0.05) is 0 Å². The molecule has 0 aromatic heterocycles. The highest BCUT2D eigenvalue weighted by molar-refractivity contribution is 7.83. The summed E-state index contributed by atoms with van der Waals surface area (Å²) < 4.78 is 0. The Kier molecular flexibility index (Phi) is 0.548. The zero-order valence-electron chi connectivity index (χ0n) is 2.68. The molecule has 0 aromatic rings. The number of allylic oxidation sites excluding steroid dienone is 3. The normalized spacial score (nSPS) is 15.8. The topological polar surface area (TPSA) is 0 Å². The maximum atomic E-state index is 3.85. The lowest BCUT2D eigenvalue weighted by Gasteiger charge is -1.55. The Morgan fingerprint density at radius 1 is 1.60 bits per heavy atom. The molecule has 0 spiro atoms. The molecule has 0 atom stereocenters. The first-order valence-corrected chi connectivity index (χ1v) is 1.97. The number of hydrogen-bond acceptors (Lipinski definition) is 1. The third-order valence-electron chi connectivity index (χ3n) is 0.508. The van der Waals surface area contributed by atoms with Crippen molar-refractivity contribution in [2.24, 2.45) is 0 Å². The molecular weight excluding hydrogens is 80.1 g/mol. The fraction of sp³-hybridized carbons (Fsp3) is 0. The Morgan fingerprint density at radius 2 is 2.20 bits per heavy atom. The molecule has 0 N–H and O–H groups in total. The van der Waals surface area contributed by atoms with Crippen LogP contribution in [0, 0.1) is 0 Å². The molecule has 0 radical (unpaired) electrons. The van der Waals surface area contributed by atoms with Gasteiger partial charge in [-0.2, -0.15) is 12.6 Å². The van der Waals surface area contributed by atoms with Crippen LogP contribution in [0.2, 0.25) is 0 Å². The minimum Gasteiger partial charge on any atom is -0.151 e. The van der Waals surface area contributed by atoms with E-state index in [-0.39, 0.29) is 0 Å². The third-order valence-corrected chi connectivity index (χ3v) is 0.806. The molecule has 0 aliphatic heterocycles. The van der Waals surface area contributed by atoms with Crippen molar-refractivity contribution < 1.29 is 0 Å². The van der Waals surface area contributed by atoms with Crippen molar-refractivity contribution in [3.8, 4) is 0 Å². The van der Waals surface area contributed by atoms with Gasteiger partial charge in [0.25, 0.3) is 0 Å². The van der Waals surface area contributed by atoms with Crippen LogP contribution in [0.4, 0.5) is 0 Å². The van der Waals surface area contributed by atoms with E-state index in [4.69, 9.17) is 0 Å². The summed E-state index contributed by atoms with van der Waals surface area (Å²) in [6.07, 6.45) is 4.01. The summed E-state index contributed by atoms with van der Waals surface area (Å²) in [5.74, 6) is 0. The first-order valence-electron chi connectivity index (χ1n) is 1.46. The van der Waals surface area contributed by atoms with Gasteiger partial charge in [0.1, 0.15) is 0 Å². The lowest BCUT2D eigenvalue weighted by Crippen LogP contribution is -1.30. The van der Waals surface area contributed by atoms with E-state index in [1.165, 1.54) is 5.57 Å². The van der Waals surface area contributed by atoms with Crippen molar-refractivity contribution in [3.05, 3.63) is 23.1 Å². The average Bonchev–Trinajstić information content (AvgIpc) is 2.12. The van der Waals surface area contributed by atoms with Gasteiger partial charge in [-0.1, -0.05) is 12.2 Å². The van der Waals surface area contributed by atoms with E-state index in [2.05, 4.69) is 12.6 Å². The second-order valence-electron chi connectivity index (χ2n) is 0.962. The summed E-state index contributed by atoms with van der Waals surface area (Å²) in [6.45, 7) is 0. The van der Waals surface area contributed by atoms with Crippen LogP contribution >= 0.6 is 12.6 Å². The Hall–Kier alpha value is -0.170. The van der Waals surface area contributed by atoms with Gasteiger partial charge in [-0.25, -0.2) is 0 Å².